The summed E-state index contributed by atoms with van der Waals surface area (Å²) in [4.78, 5) is 10.8. The van der Waals surface area contributed by atoms with E-state index in [1.54, 1.807) is 6.33 Å². The van der Waals surface area contributed by atoms with Gasteiger partial charge in [0.25, 0.3) is 0 Å². The van der Waals surface area contributed by atoms with Crippen LogP contribution in [0.3, 0.4) is 0 Å². The zero-order chi connectivity index (χ0) is 15.7. The highest BCUT2D eigenvalue weighted by Gasteiger charge is 2.21. The minimum absolute atomic E-state index is 0.00814. The van der Waals surface area contributed by atoms with Crippen LogP contribution in [-0.4, -0.2) is 31.6 Å². The Hall–Kier alpha value is -1.82. The van der Waals surface area contributed by atoms with E-state index in [9.17, 15) is 4.79 Å². The Labute approximate surface area is 133 Å². The predicted octanol–water partition coefficient (Wildman–Crippen LogP) is 2.94. The number of hydrogen-bond donors (Lipinski definition) is 1. The molecule has 0 amide bonds. The van der Waals surface area contributed by atoms with Crippen LogP contribution >= 0.6 is 11.8 Å². The number of aliphatic carboxylic acids is 1. The predicted molar refractivity (Wildman–Crippen MR) is 85.8 cm³/mol. The Balaban J connectivity index is 2.09. The maximum atomic E-state index is 10.8. The lowest BCUT2D eigenvalue weighted by molar-refractivity contribution is -0.133. The molecule has 0 aliphatic heterocycles. The summed E-state index contributed by atoms with van der Waals surface area (Å²) >= 11 is 1.21. The van der Waals surface area contributed by atoms with Crippen molar-refractivity contribution in [2.75, 3.05) is 5.75 Å². The summed E-state index contributed by atoms with van der Waals surface area (Å²) in [6, 6.07) is 2.21. The number of aromatic nitrogens is 3. The molecule has 0 unspecified atom stereocenters. The standard InChI is InChI=1S/C16H19N3O2S/c1-10-7-11(2)15(13-6-4-3-5-12(10)13)19-9-17-18-16(19)22-8-14(20)21/h7,9H,3-6,8H2,1-2H3,(H,20,21). The Morgan fingerprint density at radius 2 is 2.00 bits per heavy atom. The lowest BCUT2D eigenvalue weighted by Crippen LogP contribution is -2.12. The Morgan fingerprint density at radius 3 is 2.73 bits per heavy atom. The largest absolute Gasteiger partial charge is 0.481 e. The molecule has 0 saturated heterocycles. The van der Waals surface area contributed by atoms with Gasteiger partial charge >= 0.3 is 5.97 Å². The lowest BCUT2D eigenvalue weighted by atomic mass is 9.85. The number of benzene rings is 1. The van der Waals surface area contributed by atoms with Crippen LogP contribution in [-0.2, 0) is 17.6 Å². The number of nitrogens with zero attached hydrogens (tertiary/aromatic N) is 3. The zero-order valence-electron chi connectivity index (χ0n) is 12.8. The molecule has 116 valence electrons. The molecular formula is C16H19N3O2S. The third-order valence-electron chi connectivity index (χ3n) is 4.12. The second-order valence-electron chi connectivity index (χ2n) is 5.69. The zero-order valence-corrected chi connectivity index (χ0v) is 13.6. The number of thioether (sulfide) groups is 1. The average Bonchev–Trinajstić information content (AvgIpc) is 2.93. The van der Waals surface area contributed by atoms with Crippen molar-refractivity contribution in [1.82, 2.24) is 14.8 Å². The lowest BCUT2D eigenvalue weighted by Gasteiger charge is -2.24. The van der Waals surface area contributed by atoms with Crippen LogP contribution in [0.1, 0.15) is 35.1 Å². The van der Waals surface area contributed by atoms with E-state index in [0.29, 0.717) is 5.16 Å². The van der Waals surface area contributed by atoms with E-state index in [-0.39, 0.29) is 5.75 Å². The number of aryl methyl sites for hydroxylation is 2. The molecule has 1 aromatic carbocycles. The molecule has 1 aliphatic carbocycles. The van der Waals surface area contributed by atoms with Crippen molar-refractivity contribution in [3.05, 3.63) is 34.6 Å². The number of carboxylic acids is 1. The van der Waals surface area contributed by atoms with Gasteiger partial charge in [0.15, 0.2) is 5.16 Å². The second-order valence-corrected chi connectivity index (χ2v) is 6.63. The first-order valence-electron chi connectivity index (χ1n) is 7.45. The van der Waals surface area contributed by atoms with Crippen LogP contribution in [0.5, 0.6) is 0 Å². The van der Waals surface area contributed by atoms with E-state index in [1.165, 1.54) is 46.9 Å². The number of hydrogen-bond acceptors (Lipinski definition) is 4. The maximum Gasteiger partial charge on any atom is 0.313 e. The van der Waals surface area contributed by atoms with Gasteiger partial charge in [0, 0.05) is 0 Å². The average molecular weight is 317 g/mol. The molecule has 2 aromatic rings. The van der Waals surface area contributed by atoms with Gasteiger partial charge in [-0.1, -0.05) is 17.8 Å². The summed E-state index contributed by atoms with van der Waals surface area (Å²) < 4.78 is 1.95. The Kier molecular flexibility index (Phi) is 4.20. The highest BCUT2D eigenvalue weighted by atomic mass is 32.2. The van der Waals surface area contributed by atoms with E-state index in [4.69, 9.17) is 5.11 Å². The fourth-order valence-electron chi connectivity index (χ4n) is 3.26. The first-order valence-corrected chi connectivity index (χ1v) is 8.43. The van der Waals surface area contributed by atoms with Gasteiger partial charge in [-0.15, -0.1) is 10.2 Å². The molecule has 22 heavy (non-hydrogen) atoms. The molecule has 0 spiro atoms. The molecule has 1 aromatic heterocycles. The van der Waals surface area contributed by atoms with Crippen LogP contribution in [0.2, 0.25) is 0 Å². The number of rotatable bonds is 4. The molecule has 1 N–H and O–H groups in total. The molecule has 0 radical (unpaired) electrons. The minimum Gasteiger partial charge on any atom is -0.481 e. The first kappa shape index (κ1) is 15.1. The molecule has 0 fully saturated rings. The molecular weight excluding hydrogens is 298 g/mol. The van der Waals surface area contributed by atoms with Crippen LogP contribution in [0, 0.1) is 13.8 Å². The van der Waals surface area contributed by atoms with E-state index >= 15 is 0 Å². The van der Waals surface area contributed by atoms with E-state index in [2.05, 4.69) is 30.1 Å². The van der Waals surface area contributed by atoms with E-state index in [0.717, 1.165) is 18.5 Å². The molecule has 0 atom stereocenters. The van der Waals surface area contributed by atoms with Crippen molar-refractivity contribution < 1.29 is 9.90 Å². The minimum atomic E-state index is -0.845. The molecule has 1 aliphatic rings. The summed E-state index contributed by atoms with van der Waals surface area (Å²) in [7, 11) is 0. The van der Waals surface area contributed by atoms with Crippen molar-refractivity contribution in [2.45, 2.75) is 44.7 Å². The van der Waals surface area contributed by atoms with Gasteiger partial charge < -0.3 is 5.11 Å². The molecule has 5 nitrogen and oxygen atoms in total. The third-order valence-corrected chi connectivity index (χ3v) is 5.05. The summed E-state index contributed by atoms with van der Waals surface area (Å²) in [5, 5.41) is 17.6. The SMILES string of the molecule is Cc1cc(C)c(-n2cnnc2SCC(=O)O)c2c1CCCC2. The number of carboxylic acid groups (broad SMARTS) is 1. The van der Waals surface area contributed by atoms with E-state index in [1.807, 2.05) is 4.57 Å². The van der Waals surface area contributed by atoms with Gasteiger partial charge in [-0.05, 0) is 61.8 Å². The maximum absolute atomic E-state index is 10.8. The molecule has 3 rings (SSSR count). The summed E-state index contributed by atoms with van der Waals surface area (Å²) in [6.45, 7) is 4.27. The Morgan fingerprint density at radius 1 is 1.27 bits per heavy atom. The van der Waals surface area contributed by atoms with Crippen molar-refractivity contribution in [3.8, 4) is 5.69 Å². The summed E-state index contributed by atoms with van der Waals surface area (Å²) in [6.07, 6.45) is 6.31. The van der Waals surface area contributed by atoms with Crippen molar-refractivity contribution in [2.24, 2.45) is 0 Å². The number of carbonyl (C=O) groups is 1. The monoisotopic (exact) mass is 317 g/mol. The quantitative estimate of drug-likeness (QED) is 0.878. The number of fused-ring (bicyclic) bond motifs is 1. The third kappa shape index (κ3) is 2.75. The Bertz CT molecular complexity index is 724. The normalized spacial score (nSPS) is 13.9. The van der Waals surface area contributed by atoms with Gasteiger partial charge in [0.05, 0.1) is 11.4 Å². The fraction of sp³-hybridized carbons (Fsp3) is 0.438. The highest BCUT2D eigenvalue weighted by Crippen LogP contribution is 2.33. The van der Waals surface area contributed by atoms with Gasteiger partial charge in [-0.25, -0.2) is 0 Å². The molecule has 6 heteroatoms. The van der Waals surface area contributed by atoms with Gasteiger partial charge in [0.2, 0.25) is 0 Å². The van der Waals surface area contributed by atoms with Gasteiger partial charge in [0.1, 0.15) is 6.33 Å². The van der Waals surface area contributed by atoms with Crippen molar-refractivity contribution >= 4 is 17.7 Å². The molecule has 0 bridgehead atoms. The second kappa shape index (κ2) is 6.12. The summed E-state index contributed by atoms with van der Waals surface area (Å²) in [5.41, 5.74) is 6.49. The smallest absolute Gasteiger partial charge is 0.313 e. The van der Waals surface area contributed by atoms with Crippen LogP contribution in [0.15, 0.2) is 17.6 Å². The van der Waals surface area contributed by atoms with Crippen molar-refractivity contribution in [3.63, 3.8) is 0 Å². The topological polar surface area (TPSA) is 68.0 Å². The molecule has 0 saturated carbocycles. The summed E-state index contributed by atoms with van der Waals surface area (Å²) in [5.74, 6) is -0.853. The van der Waals surface area contributed by atoms with E-state index < -0.39 is 5.97 Å². The van der Waals surface area contributed by atoms with Crippen molar-refractivity contribution in [1.29, 1.82) is 0 Å². The first-order chi connectivity index (χ1) is 10.6. The van der Waals surface area contributed by atoms with Crippen LogP contribution in [0.25, 0.3) is 5.69 Å². The van der Waals surface area contributed by atoms with Crippen LogP contribution in [0.4, 0.5) is 0 Å². The van der Waals surface area contributed by atoms with Gasteiger partial charge in [-0.2, -0.15) is 0 Å². The van der Waals surface area contributed by atoms with Gasteiger partial charge in [-0.3, -0.25) is 9.36 Å². The highest BCUT2D eigenvalue weighted by molar-refractivity contribution is 7.99. The fourth-order valence-corrected chi connectivity index (χ4v) is 3.89. The van der Waals surface area contributed by atoms with Crippen LogP contribution < -0.4 is 0 Å². The molecule has 1 heterocycles.